The lowest BCUT2D eigenvalue weighted by Gasteiger charge is -2.14. The molecule has 0 radical (unpaired) electrons. The standard InChI is InChI=1S/C9H20O3Si/c1-3-5-11-13(12-6-4-2)8-9-7-10-9/h9,13H,3-8H2,1-2H3. The predicted octanol–water partition coefficient (Wildman–Crippen LogP) is 1.46. The molecule has 1 rings (SSSR count). The fourth-order valence-corrected chi connectivity index (χ4v) is 3.17. The molecule has 0 amide bonds. The summed E-state index contributed by atoms with van der Waals surface area (Å²) in [5.74, 6) is 0. The summed E-state index contributed by atoms with van der Waals surface area (Å²) in [6.45, 7) is 6.84. The van der Waals surface area contributed by atoms with Gasteiger partial charge in [-0.15, -0.1) is 0 Å². The lowest BCUT2D eigenvalue weighted by molar-refractivity contribution is 0.193. The SMILES string of the molecule is CCCO[SiH](CC1CO1)OCCC. The summed E-state index contributed by atoms with van der Waals surface area (Å²) in [4.78, 5) is 0. The molecule has 1 fully saturated rings. The number of rotatable bonds is 8. The molecule has 0 aliphatic carbocycles. The van der Waals surface area contributed by atoms with Crippen LogP contribution in [0.4, 0.5) is 0 Å². The van der Waals surface area contributed by atoms with E-state index in [1.165, 1.54) is 0 Å². The molecule has 0 saturated carbocycles. The molecule has 1 unspecified atom stereocenters. The van der Waals surface area contributed by atoms with E-state index in [-0.39, 0.29) is 0 Å². The first kappa shape index (κ1) is 11.2. The minimum Gasteiger partial charge on any atom is -0.396 e. The smallest absolute Gasteiger partial charge is 0.324 e. The molecule has 0 bridgehead atoms. The van der Waals surface area contributed by atoms with E-state index in [9.17, 15) is 0 Å². The van der Waals surface area contributed by atoms with Gasteiger partial charge in [0.05, 0.1) is 12.7 Å². The second-order valence-electron chi connectivity index (χ2n) is 3.36. The van der Waals surface area contributed by atoms with Crippen LogP contribution in [0.15, 0.2) is 0 Å². The van der Waals surface area contributed by atoms with E-state index >= 15 is 0 Å². The molecule has 0 aromatic carbocycles. The van der Waals surface area contributed by atoms with Gasteiger partial charge in [0.15, 0.2) is 0 Å². The summed E-state index contributed by atoms with van der Waals surface area (Å²) < 4.78 is 16.5. The van der Waals surface area contributed by atoms with Crippen molar-refractivity contribution in [3.63, 3.8) is 0 Å². The van der Waals surface area contributed by atoms with Gasteiger partial charge in [0.25, 0.3) is 0 Å². The van der Waals surface area contributed by atoms with E-state index in [0.717, 1.165) is 38.7 Å². The third-order valence-corrected chi connectivity index (χ3v) is 4.00. The van der Waals surface area contributed by atoms with Crippen LogP contribution in [-0.4, -0.2) is 35.2 Å². The molecule has 4 heteroatoms. The first-order chi connectivity index (χ1) is 6.36. The molecule has 3 nitrogen and oxygen atoms in total. The quantitative estimate of drug-likeness (QED) is 0.443. The lowest BCUT2D eigenvalue weighted by atomic mass is 10.5. The summed E-state index contributed by atoms with van der Waals surface area (Å²) in [6, 6.07) is 1.03. The van der Waals surface area contributed by atoms with Crippen LogP contribution in [-0.2, 0) is 13.6 Å². The highest BCUT2D eigenvalue weighted by molar-refractivity contribution is 6.44. The van der Waals surface area contributed by atoms with Gasteiger partial charge in [-0.3, -0.25) is 0 Å². The zero-order valence-corrected chi connectivity index (χ0v) is 9.78. The van der Waals surface area contributed by atoms with Gasteiger partial charge in [-0.05, 0) is 12.8 Å². The Hall–Kier alpha value is 0.0969. The molecule has 1 heterocycles. The fraction of sp³-hybridized carbons (Fsp3) is 1.00. The molecule has 1 saturated heterocycles. The van der Waals surface area contributed by atoms with Gasteiger partial charge in [0.1, 0.15) is 0 Å². The molecule has 1 aliphatic heterocycles. The minimum absolute atomic E-state index is 0.449. The van der Waals surface area contributed by atoms with Crippen LogP contribution in [0.1, 0.15) is 26.7 Å². The molecule has 78 valence electrons. The van der Waals surface area contributed by atoms with Crippen LogP contribution < -0.4 is 0 Å². The van der Waals surface area contributed by atoms with E-state index < -0.39 is 9.28 Å². The lowest BCUT2D eigenvalue weighted by Crippen LogP contribution is -2.25. The van der Waals surface area contributed by atoms with Crippen molar-refractivity contribution in [2.45, 2.75) is 38.8 Å². The van der Waals surface area contributed by atoms with Gasteiger partial charge >= 0.3 is 9.28 Å². The monoisotopic (exact) mass is 204 g/mol. The Bertz CT molecular complexity index is 120. The van der Waals surface area contributed by atoms with Crippen LogP contribution in [0.2, 0.25) is 6.04 Å². The van der Waals surface area contributed by atoms with Gasteiger partial charge in [0.2, 0.25) is 0 Å². The van der Waals surface area contributed by atoms with E-state index in [1.807, 2.05) is 0 Å². The van der Waals surface area contributed by atoms with Crippen LogP contribution in [0.5, 0.6) is 0 Å². The van der Waals surface area contributed by atoms with Crippen molar-refractivity contribution >= 4 is 9.28 Å². The first-order valence-corrected chi connectivity index (χ1v) is 6.97. The topological polar surface area (TPSA) is 31.0 Å². The van der Waals surface area contributed by atoms with E-state index in [0.29, 0.717) is 6.10 Å². The molecule has 0 N–H and O–H groups in total. The van der Waals surface area contributed by atoms with Crippen LogP contribution >= 0.6 is 0 Å². The van der Waals surface area contributed by atoms with Crippen molar-refractivity contribution < 1.29 is 13.6 Å². The summed E-state index contributed by atoms with van der Waals surface area (Å²) in [5, 5.41) is 0. The van der Waals surface area contributed by atoms with Crippen molar-refractivity contribution in [1.29, 1.82) is 0 Å². The number of hydrogen-bond donors (Lipinski definition) is 0. The Labute approximate surface area is 82.2 Å². The van der Waals surface area contributed by atoms with Gasteiger partial charge in [-0.25, -0.2) is 0 Å². The molecule has 13 heavy (non-hydrogen) atoms. The summed E-state index contributed by atoms with van der Waals surface area (Å²) in [7, 11) is -1.39. The maximum absolute atomic E-state index is 5.68. The minimum atomic E-state index is -1.39. The van der Waals surface area contributed by atoms with Crippen LogP contribution in [0.3, 0.4) is 0 Å². The van der Waals surface area contributed by atoms with Crippen molar-refractivity contribution in [3.05, 3.63) is 0 Å². The van der Waals surface area contributed by atoms with Crippen molar-refractivity contribution in [1.82, 2.24) is 0 Å². The van der Waals surface area contributed by atoms with Crippen molar-refractivity contribution in [3.8, 4) is 0 Å². The maximum Gasteiger partial charge on any atom is 0.324 e. The fourth-order valence-electron chi connectivity index (χ4n) is 1.10. The van der Waals surface area contributed by atoms with Gasteiger partial charge in [-0.1, -0.05) is 13.8 Å². The average molecular weight is 204 g/mol. The van der Waals surface area contributed by atoms with Crippen LogP contribution in [0, 0.1) is 0 Å². The van der Waals surface area contributed by atoms with Crippen LogP contribution in [0.25, 0.3) is 0 Å². The van der Waals surface area contributed by atoms with Crippen molar-refractivity contribution in [2.24, 2.45) is 0 Å². The normalized spacial score (nSPS) is 21.0. The van der Waals surface area contributed by atoms with E-state index in [1.54, 1.807) is 0 Å². The highest BCUT2D eigenvalue weighted by Gasteiger charge is 2.29. The second kappa shape index (κ2) is 6.54. The Kier molecular flexibility index (Phi) is 5.62. The Balaban J connectivity index is 2.08. The van der Waals surface area contributed by atoms with Gasteiger partial charge in [-0.2, -0.15) is 0 Å². The highest BCUT2D eigenvalue weighted by Crippen LogP contribution is 2.17. The Morgan fingerprint density at radius 3 is 2.15 bits per heavy atom. The molecule has 0 aromatic heterocycles. The second-order valence-corrected chi connectivity index (χ2v) is 5.36. The number of epoxide rings is 1. The first-order valence-electron chi connectivity index (χ1n) is 5.21. The average Bonchev–Trinajstić information content (AvgIpc) is 2.93. The molecule has 1 aliphatic rings. The van der Waals surface area contributed by atoms with Crippen molar-refractivity contribution in [2.75, 3.05) is 19.8 Å². The zero-order valence-electron chi connectivity index (χ0n) is 8.62. The zero-order chi connectivity index (χ0) is 9.52. The van der Waals surface area contributed by atoms with Gasteiger partial charge < -0.3 is 13.6 Å². The van der Waals surface area contributed by atoms with Gasteiger partial charge in [0, 0.05) is 19.3 Å². The van der Waals surface area contributed by atoms with E-state index in [4.69, 9.17) is 13.6 Å². The largest absolute Gasteiger partial charge is 0.396 e. The number of ether oxygens (including phenoxy) is 1. The maximum atomic E-state index is 5.68. The molecule has 0 spiro atoms. The molecule has 1 atom stereocenters. The molecular formula is C9H20O3Si. The molecule has 0 aromatic rings. The Morgan fingerprint density at radius 1 is 1.23 bits per heavy atom. The summed E-state index contributed by atoms with van der Waals surface area (Å²) in [6.07, 6.45) is 2.60. The highest BCUT2D eigenvalue weighted by atomic mass is 28.3. The predicted molar refractivity (Wildman–Crippen MR) is 54.2 cm³/mol. The van der Waals surface area contributed by atoms with E-state index in [2.05, 4.69) is 13.8 Å². The summed E-state index contributed by atoms with van der Waals surface area (Å²) in [5.41, 5.74) is 0. The third kappa shape index (κ3) is 5.41. The number of hydrogen-bond acceptors (Lipinski definition) is 3. The Morgan fingerprint density at radius 2 is 1.77 bits per heavy atom. The third-order valence-electron chi connectivity index (χ3n) is 1.87. The summed E-state index contributed by atoms with van der Waals surface area (Å²) >= 11 is 0. The molecular weight excluding hydrogens is 184 g/mol.